The first kappa shape index (κ1) is 12.7. The van der Waals surface area contributed by atoms with Crippen molar-refractivity contribution in [1.29, 1.82) is 0 Å². The Labute approximate surface area is 93.2 Å². The van der Waals surface area contributed by atoms with Crippen LogP contribution >= 0.6 is 0 Å². The van der Waals surface area contributed by atoms with E-state index >= 15 is 0 Å². The zero-order valence-electron chi connectivity index (χ0n) is 10.3. The van der Waals surface area contributed by atoms with Gasteiger partial charge in [-0.25, -0.2) is 4.39 Å². The maximum Gasteiger partial charge on any atom is 0.103 e. The number of rotatable bonds is 2. The number of halogens is 1. The fourth-order valence-electron chi connectivity index (χ4n) is 2.54. The first-order chi connectivity index (χ1) is 7.13. The Kier molecular flexibility index (Phi) is 5.27. The fourth-order valence-corrected chi connectivity index (χ4v) is 2.54. The van der Waals surface area contributed by atoms with Gasteiger partial charge in [0.05, 0.1) is 0 Å². The maximum absolute atomic E-state index is 13.9. The molecular formula is C13H24FN. The minimum absolute atomic E-state index is 0.236. The summed E-state index contributed by atoms with van der Waals surface area (Å²) in [6, 6.07) is 0.304. The summed E-state index contributed by atoms with van der Waals surface area (Å²) in [7, 11) is 0. The van der Waals surface area contributed by atoms with Gasteiger partial charge in [0.2, 0.25) is 0 Å². The molecule has 3 atom stereocenters. The lowest BCUT2D eigenvalue weighted by Gasteiger charge is -2.21. The molecule has 1 heterocycles. The molecule has 0 bridgehead atoms. The summed E-state index contributed by atoms with van der Waals surface area (Å²) in [5, 5.41) is 0. The van der Waals surface area contributed by atoms with Crippen molar-refractivity contribution in [2.45, 2.75) is 71.5 Å². The van der Waals surface area contributed by atoms with Crippen LogP contribution in [-0.2, 0) is 0 Å². The maximum atomic E-state index is 13.9. The zero-order valence-corrected chi connectivity index (χ0v) is 10.3. The van der Waals surface area contributed by atoms with Crippen LogP contribution in [0.2, 0.25) is 0 Å². The second kappa shape index (κ2) is 6.24. The van der Waals surface area contributed by atoms with Crippen LogP contribution in [0.4, 0.5) is 4.39 Å². The molecule has 0 saturated carbocycles. The van der Waals surface area contributed by atoms with Gasteiger partial charge in [-0.15, -0.1) is 0 Å². The van der Waals surface area contributed by atoms with Gasteiger partial charge >= 0.3 is 0 Å². The second-order valence-electron chi connectivity index (χ2n) is 4.91. The summed E-state index contributed by atoms with van der Waals surface area (Å²) in [5.74, 6) is 0.236. The summed E-state index contributed by atoms with van der Waals surface area (Å²) >= 11 is 0. The van der Waals surface area contributed by atoms with Gasteiger partial charge in [0.15, 0.2) is 0 Å². The van der Waals surface area contributed by atoms with Crippen molar-refractivity contribution < 1.29 is 4.39 Å². The molecule has 1 nitrogen and oxygen atoms in total. The van der Waals surface area contributed by atoms with Crippen molar-refractivity contribution in [3.63, 3.8) is 0 Å². The third-order valence-electron chi connectivity index (χ3n) is 3.27. The van der Waals surface area contributed by atoms with Gasteiger partial charge in [0.25, 0.3) is 0 Å². The molecule has 0 aromatic rings. The number of alkyl halides is 1. The Morgan fingerprint density at radius 2 is 2.20 bits per heavy atom. The van der Waals surface area contributed by atoms with Crippen LogP contribution in [0.3, 0.4) is 0 Å². The lowest BCUT2D eigenvalue weighted by atomic mass is 9.89. The zero-order chi connectivity index (χ0) is 11.3. The number of aliphatic imine (C=N–C) groups is 1. The standard InChI is InChI=1S/C13H24FN/c1-4-6-12-9-11(3)15-10(2)7-5-8-13(12)14/h11-13H,4-9H2,1-3H3/b15-10-/t11-,12?,13?/m0/s1. The highest BCUT2D eigenvalue weighted by Gasteiger charge is 2.23. The minimum atomic E-state index is -0.603. The molecule has 2 unspecified atom stereocenters. The van der Waals surface area contributed by atoms with Crippen LogP contribution in [0.5, 0.6) is 0 Å². The van der Waals surface area contributed by atoms with E-state index in [1.165, 1.54) is 5.71 Å². The van der Waals surface area contributed by atoms with Crippen LogP contribution in [0, 0.1) is 5.92 Å². The normalized spacial score (nSPS) is 37.3. The van der Waals surface area contributed by atoms with Gasteiger partial charge in [0.1, 0.15) is 6.17 Å². The van der Waals surface area contributed by atoms with E-state index in [1.54, 1.807) is 0 Å². The molecular weight excluding hydrogens is 189 g/mol. The molecule has 0 fully saturated rings. The van der Waals surface area contributed by atoms with Crippen LogP contribution in [0.15, 0.2) is 4.99 Å². The van der Waals surface area contributed by atoms with E-state index in [2.05, 4.69) is 25.8 Å². The van der Waals surface area contributed by atoms with E-state index in [0.717, 1.165) is 38.5 Å². The molecule has 0 spiro atoms. The summed E-state index contributed by atoms with van der Waals surface area (Å²) in [4.78, 5) is 4.61. The third kappa shape index (κ3) is 4.31. The fraction of sp³-hybridized carbons (Fsp3) is 0.923. The predicted molar refractivity (Wildman–Crippen MR) is 64.3 cm³/mol. The molecule has 0 N–H and O–H groups in total. The predicted octanol–water partition coefficient (Wildman–Crippen LogP) is 4.16. The SMILES string of the molecule is CCCC1C[C@H](C)/N=C(/C)CCCC1F. The van der Waals surface area contributed by atoms with E-state index in [1.807, 2.05) is 0 Å². The van der Waals surface area contributed by atoms with Crippen molar-refractivity contribution in [2.75, 3.05) is 0 Å². The van der Waals surface area contributed by atoms with Crippen molar-refractivity contribution >= 4 is 5.71 Å². The largest absolute Gasteiger partial charge is 0.291 e. The Hall–Kier alpha value is -0.400. The van der Waals surface area contributed by atoms with Crippen molar-refractivity contribution in [3.05, 3.63) is 0 Å². The van der Waals surface area contributed by atoms with E-state index in [9.17, 15) is 4.39 Å². The Bertz CT molecular complexity index is 213. The number of nitrogens with zero attached hydrogens (tertiary/aromatic N) is 1. The van der Waals surface area contributed by atoms with Crippen LogP contribution in [0.25, 0.3) is 0 Å². The van der Waals surface area contributed by atoms with Crippen LogP contribution in [-0.4, -0.2) is 17.9 Å². The van der Waals surface area contributed by atoms with Crippen molar-refractivity contribution in [3.8, 4) is 0 Å². The number of hydrogen-bond acceptors (Lipinski definition) is 1. The molecule has 1 rings (SSSR count). The average Bonchev–Trinajstić information content (AvgIpc) is 2.20. The quantitative estimate of drug-likeness (QED) is 0.653. The van der Waals surface area contributed by atoms with Gasteiger partial charge in [0, 0.05) is 11.8 Å². The third-order valence-corrected chi connectivity index (χ3v) is 3.27. The molecule has 0 saturated heterocycles. The Balaban J connectivity index is 2.63. The van der Waals surface area contributed by atoms with E-state index in [0.29, 0.717) is 6.04 Å². The van der Waals surface area contributed by atoms with Gasteiger partial charge in [-0.2, -0.15) is 0 Å². The summed E-state index contributed by atoms with van der Waals surface area (Å²) in [5.41, 5.74) is 1.20. The van der Waals surface area contributed by atoms with E-state index < -0.39 is 6.17 Å². The summed E-state index contributed by atoms with van der Waals surface area (Å²) < 4.78 is 13.9. The Morgan fingerprint density at radius 3 is 2.87 bits per heavy atom. The molecule has 2 heteroatoms. The van der Waals surface area contributed by atoms with Gasteiger partial charge in [-0.1, -0.05) is 13.3 Å². The average molecular weight is 213 g/mol. The van der Waals surface area contributed by atoms with E-state index in [4.69, 9.17) is 0 Å². The highest BCUT2D eigenvalue weighted by Crippen LogP contribution is 2.26. The smallest absolute Gasteiger partial charge is 0.103 e. The van der Waals surface area contributed by atoms with E-state index in [-0.39, 0.29) is 5.92 Å². The summed E-state index contributed by atoms with van der Waals surface area (Å²) in [6.45, 7) is 6.33. The van der Waals surface area contributed by atoms with Crippen LogP contribution in [0.1, 0.15) is 59.3 Å². The molecule has 0 radical (unpaired) electrons. The first-order valence-electron chi connectivity index (χ1n) is 6.30. The molecule has 0 amide bonds. The minimum Gasteiger partial charge on any atom is -0.291 e. The van der Waals surface area contributed by atoms with Gasteiger partial charge in [-0.05, 0) is 51.9 Å². The molecule has 1 aliphatic heterocycles. The van der Waals surface area contributed by atoms with Crippen molar-refractivity contribution in [2.24, 2.45) is 10.9 Å². The lowest BCUT2D eigenvalue weighted by Crippen LogP contribution is -2.19. The van der Waals surface area contributed by atoms with Crippen LogP contribution < -0.4 is 0 Å². The topological polar surface area (TPSA) is 12.4 Å². The molecule has 88 valence electrons. The molecule has 0 aromatic heterocycles. The van der Waals surface area contributed by atoms with Crippen molar-refractivity contribution in [1.82, 2.24) is 0 Å². The van der Waals surface area contributed by atoms with Gasteiger partial charge in [-0.3, -0.25) is 4.99 Å². The first-order valence-corrected chi connectivity index (χ1v) is 6.30. The molecule has 0 aromatic carbocycles. The summed E-state index contributed by atoms with van der Waals surface area (Å²) in [6.07, 6.45) is 5.08. The monoisotopic (exact) mass is 213 g/mol. The molecule has 1 aliphatic rings. The highest BCUT2D eigenvalue weighted by molar-refractivity contribution is 5.82. The number of hydrogen-bond donors (Lipinski definition) is 0. The lowest BCUT2D eigenvalue weighted by molar-refractivity contribution is 0.186. The molecule has 0 aliphatic carbocycles. The second-order valence-corrected chi connectivity index (χ2v) is 4.91. The Morgan fingerprint density at radius 1 is 1.47 bits per heavy atom. The van der Waals surface area contributed by atoms with Gasteiger partial charge < -0.3 is 0 Å². The highest BCUT2D eigenvalue weighted by atomic mass is 19.1. The molecule has 15 heavy (non-hydrogen) atoms.